The zero-order valence-corrected chi connectivity index (χ0v) is 12.2. The first-order chi connectivity index (χ1) is 6.07. The molecule has 70 valence electrons. The number of hydrogen-bond donors (Lipinski definition) is 0. The van der Waals surface area contributed by atoms with E-state index in [4.69, 9.17) is 0 Å². The quantitative estimate of drug-likeness (QED) is 0.405. The standard InChI is InChI=1S/C9H7Br2IO/c1-5-7(12)3-2-6(11)9(5)8(13)4-10/h2-3H,4H2,1H3. The van der Waals surface area contributed by atoms with E-state index in [9.17, 15) is 4.79 Å². The average Bonchev–Trinajstić information content (AvgIpc) is 2.12. The van der Waals surface area contributed by atoms with Crippen LogP contribution in [0, 0.1) is 10.5 Å². The number of halogens is 3. The highest BCUT2D eigenvalue weighted by molar-refractivity contribution is 14.1. The molecule has 0 N–H and O–H groups in total. The minimum absolute atomic E-state index is 0.114. The first-order valence-corrected chi connectivity index (χ1v) is 6.61. The molecule has 13 heavy (non-hydrogen) atoms. The van der Waals surface area contributed by atoms with Gasteiger partial charge in [0.15, 0.2) is 5.78 Å². The summed E-state index contributed by atoms with van der Waals surface area (Å²) >= 11 is 8.78. The summed E-state index contributed by atoms with van der Waals surface area (Å²) in [4.78, 5) is 11.5. The maximum atomic E-state index is 11.5. The minimum Gasteiger partial charge on any atom is -0.293 e. The molecule has 0 spiro atoms. The van der Waals surface area contributed by atoms with Crippen molar-refractivity contribution < 1.29 is 4.79 Å². The Morgan fingerprint density at radius 2 is 2.15 bits per heavy atom. The fourth-order valence-electron chi connectivity index (χ4n) is 1.06. The van der Waals surface area contributed by atoms with E-state index in [1.54, 1.807) is 0 Å². The van der Waals surface area contributed by atoms with Crippen LogP contribution >= 0.6 is 54.5 Å². The number of carbonyl (C=O) groups excluding carboxylic acids is 1. The second-order valence-electron chi connectivity index (χ2n) is 2.59. The van der Waals surface area contributed by atoms with Gasteiger partial charge < -0.3 is 0 Å². The highest BCUT2D eigenvalue weighted by Crippen LogP contribution is 2.25. The predicted molar refractivity (Wildman–Crippen MR) is 69.7 cm³/mol. The Kier molecular flexibility index (Phi) is 4.38. The van der Waals surface area contributed by atoms with Gasteiger partial charge in [-0.05, 0) is 47.2 Å². The zero-order valence-electron chi connectivity index (χ0n) is 6.90. The third-order valence-electron chi connectivity index (χ3n) is 1.75. The van der Waals surface area contributed by atoms with Gasteiger partial charge in [0.05, 0.1) is 5.33 Å². The summed E-state index contributed by atoms with van der Waals surface area (Å²) in [6, 6.07) is 3.90. The van der Waals surface area contributed by atoms with Crippen LogP contribution in [0.5, 0.6) is 0 Å². The Morgan fingerprint density at radius 1 is 1.54 bits per heavy atom. The highest BCUT2D eigenvalue weighted by atomic mass is 127. The first kappa shape index (κ1) is 11.7. The van der Waals surface area contributed by atoms with Gasteiger partial charge in [-0.2, -0.15) is 0 Å². The monoisotopic (exact) mass is 416 g/mol. The van der Waals surface area contributed by atoms with Crippen molar-refractivity contribution in [1.82, 2.24) is 0 Å². The summed E-state index contributed by atoms with van der Waals surface area (Å²) < 4.78 is 1.99. The van der Waals surface area contributed by atoms with Gasteiger partial charge in [-0.15, -0.1) is 0 Å². The molecule has 0 atom stereocenters. The van der Waals surface area contributed by atoms with Crippen molar-refractivity contribution in [2.45, 2.75) is 6.92 Å². The van der Waals surface area contributed by atoms with Crippen LogP contribution in [-0.2, 0) is 0 Å². The van der Waals surface area contributed by atoms with Gasteiger partial charge in [0, 0.05) is 13.6 Å². The molecule has 0 aromatic heterocycles. The third kappa shape index (κ3) is 2.53. The van der Waals surface area contributed by atoms with Crippen molar-refractivity contribution in [3.05, 3.63) is 31.3 Å². The van der Waals surface area contributed by atoms with Gasteiger partial charge in [-0.3, -0.25) is 4.79 Å². The molecule has 0 fully saturated rings. The molecule has 0 aliphatic heterocycles. The van der Waals surface area contributed by atoms with Crippen LogP contribution < -0.4 is 0 Å². The zero-order chi connectivity index (χ0) is 10.0. The molecule has 1 aromatic rings. The predicted octanol–water partition coefficient (Wildman–Crippen LogP) is 3.94. The second-order valence-corrected chi connectivity index (χ2v) is 5.16. The number of alkyl halides is 1. The van der Waals surface area contributed by atoms with Crippen molar-refractivity contribution in [3.8, 4) is 0 Å². The molecule has 1 rings (SSSR count). The van der Waals surface area contributed by atoms with E-state index < -0.39 is 0 Å². The number of carbonyl (C=O) groups is 1. The van der Waals surface area contributed by atoms with Crippen LogP contribution in [0.2, 0.25) is 0 Å². The lowest BCUT2D eigenvalue weighted by Crippen LogP contribution is -2.05. The van der Waals surface area contributed by atoms with Gasteiger partial charge in [0.1, 0.15) is 0 Å². The topological polar surface area (TPSA) is 17.1 Å². The molecule has 0 radical (unpaired) electrons. The van der Waals surface area contributed by atoms with E-state index in [0.29, 0.717) is 5.33 Å². The fourth-order valence-corrected chi connectivity index (χ4v) is 2.44. The lowest BCUT2D eigenvalue weighted by molar-refractivity contribution is 0.102. The maximum Gasteiger partial charge on any atom is 0.174 e. The van der Waals surface area contributed by atoms with Crippen LogP contribution in [-0.4, -0.2) is 11.1 Å². The molecule has 0 heterocycles. The highest BCUT2D eigenvalue weighted by Gasteiger charge is 2.13. The minimum atomic E-state index is 0.114. The number of hydrogen-bond acceptors (Lipinski definition) is 1. The fraction of sp³-hybridized carbons (Fsp3) is 0.222. The van der Waals surface area contributed by atoms with Crippen molar-refractivity contribution >= 4 is 60.2 Å². The summed E-state index contributed by atoms with van der Waals surface area (Å²) in [5, 5.41) is 0.368. The number of Topliss-reactive ketones (excluding diaryl/α,β-unsaturated/α-hetero) is 1. The van der Waals surface area contributed by atoms with Crippen LogP contribution in [0.4, 0.5) is 0 Å². The normalized spacial score (nSPS) is 10.2. The average molecular weight is 418 g/mol. The molecule has 0 bridgehead atoms. The summed E-state index contributed by atoms with van der Waals surface area (Å²) in [5.41, 5.74) is 1.82. The largest absolute Gasteiger partial charge is 0.293 e. The lowest BCUT2D eigenvalue weighted by atomic mass is 10.1. The second kappa shape index (κ2) is 4.89. The summed E-state index contributed by atoms with van der Waals surface area (Å²) in [6.07, 6.45) is 0. The molecule has 0 aliphatic rings. The molecule has 4 heteroatoms. The molecular formula is C9H7Br2IO. The Hall–Kier alpha value is 0.580. The number of rotatable bonds is 2. The van der Waals surface area contributed by atoms with Crippen LogP contribution in [0.3, 0.4) is 0 Å². The Balaban J connectivity index is 3.33. The molecule has 0 aliphatic carbocycles. The van der Waals surface area contributed by atoms with Crippen molar-refractivity contribution in [2.75, 3.05) is 5.33 Å². The maximum absolute atomic E-state index is 11.5. The van der Waals surface area contributed by atoms with Crippen LogP contribution in [0.15, 0.2) is 16.6 Å². The number of ketones is 1. The molecule has 0 saturated heterocycles. The van der Waals surface area contributed by atoms with Crippen molar-refractivity contribution in [3.63, 3.8) is 0 Å². The smallest absolute Gasteiger partial charge is 0.174 e. The van der Waals surface area contributed by atoms with E-state index in [1.807, 2.05) is 19.1 Å². The van der Waals surface area contributed by atoms with Gasteiger partial charge in [-0.1, -0.05) is 31.9 Å². The Labute approximate surface area is 108 Å². The van der Waals surface area contributed by atoms with E-state index in [-0.39, 0.29) is 5.78 Å². The first-order valence-electron chi connectivity index (χ1n) is 3.61. The Morgan fingerprint density at radius 3 is 2.69 bits per heavy atom. The summed E-state index contributed by atoms with van der Waals surface area (Å²) in [7, 11) is 0. The molecule has 1 aromatic carbocycles. The van der Waals surface area contributed by atoms with E-state index in [1.165, 1.54) is 0 Å². The Bertz CT molecular complexity index is 350. The molecule has 0 unspecified atom stereocenters. The van der Waals surface area contributed by atoms with E-state index >= 15 is 0 Å². The van der Waals surface area contributed by atoms with Gasteiger partial charge in [0.25, 0.3) is 0 Å². The third-order valence-corrected chi connectivity index (χ3v) is 4.09. The van der Waals surface area contributed by atoms with Gasteiger partial charge in [-0.25, -0.2) is 0 Å². The molecule has 0 amide bonds. The van der Waals surface area contributed by atoms with Crippen LogP contribution in [0.25, 0.3) is 0 Å². The molecule has 0 saturated carbocycles. The lowest BCUT2D eigenvalue weighted by Gasteiger charge is -2.07. The summed E-state index contributed by atoms with van der Waals surface area (Å²) in [5.74, 6) is 0.114. The van der Waals surface area contributed by atoms with Crippen molar-refractivity contribution in [2.24, 2.45) is 0 Å². The van der Waals surface area contributed by atoms with E-state index in [2.05, 4.69) is 54.5 Å². The summed E-state index contributed by atoms with van der Waals surface area (Å²) in [6.45, 7) is 1.96. The van der Waals surface area contributed by atoms with Crippen LogP contribution in [0.1, 0.15) is 15.9 Å². The SMILES string of the molecule is Cc1c(I)ccc(Br)c1C(=O)CBr. The van der Waals surface area contributed by atoms with Crippen molar-refractivity contribution in [1.29, 1.82) is 0 Å². The molecule has 1 nitrogen and oxygen atoms in total. The van der Waals surface area contributed by atoms with E-state index in [0.717, 1.165) is 19.2 Å². The molecular weight excluding hydrogens is 411 g/mol. The van der Waals surface area contributed by atoms with Gasteiger partial charge >= 0.3 is 0 Å². The van der Waals surface area contributed by atoms with Gasteiger partial charge in [0.2, 0.25) is 0 Å². The number of benzene rings is 1.